The average Bonchev–Trinajstić information content (AvgIpc) is 2.55. The van der Waals surface area contributed by atoms with Crippen LogP contribution in [0.2, 0.25) is 0 Å². The number of fused-ring (bicyclic) bond motifs is 1. The van der Waals surface area contributed by atoms with Gasteiger partial charge in [0.1, 0.15) is 0 Å². The van der Waals surface area contributed by atoms with Crippen molar-refractivity contribution < 1.29 is 5.11 Å². The van der Waals surface area contributed by atoms with Crippen molar-refractivity contribution in [3.05, 3.63) is 32.3 Å². The second kappa shape index (κ2) is 3.79. The molecular formula is C9H10BrN3O2. The summed E-state index contributed by atoms with van der Waals surface area (Å²) < 4.78 is 2.40. The molecule has 0 aliphatic rings. The molecule has 0 aliphatic carbocycles. The van der Waals surface area contributed by atoms with E-state index in [1.54, 1.807) is 10.7 Å². The van der Waals surface area contributed by atoms with E-state index in [9.17, 15) is 4.79 Å². The maximum atomic E-state index is 11.7. The Morgan fingerprint density at radius 1 is 1.67 bits per heavy atom. The van der Waals surface area contributed by atoms with Gasteiger partial charge in [-0.2, -0.15) is 5.10 Å². The lowest BCUT2D eigenvalue weighted by Gasteiger charge is -2.05. The fraction of sp³-hybridized carbons (Fsp3) is 0.333. The standard InChI is InChI=1S/C9H10BrN3O2/c1-5-6(2-3-14)9(15)12-8-7(10)4-11-13(5)8/h4,14H,2-3H2,1H3,(H,12,15). The molecular weight excluding hydrogens is 262 g/mol. The van der Waals surface area contributed by atoms with E-state index in [2.05, 4.69) is 26.0 Å². The summed E-state index contributed by atoms with van der Waals surface area (Å²) >= 11 is 3.30. The quantitative estimate of drug-likeness (QED) is 0.842. The number of nitrogens with zero attached hydrogens (tertiary/aromatic N) is 2. The van der Waals surface area contributed by atoms with Crippen LogP contribution in [0.3, 0.4) is 0 Å². The van der Waals surface area contributed by atoms with Crippen molar-refractivity contribution in [1.82, 2.24) is 14.6 Å². The van der Waals surface area contributed by atoms with E-state index in [1.165, 1.54) is 0 Å². The number of hydrogen-bond acceptors (Lipinski definition) is 3. The molecule has 0 aromatic carbocycles. The van der Waals surface area contributed by atoms with Gasteiger partial charge in [-0.3, -0.25) is 4.79 Å². The summed E-state index contributed by atoms with van der Waals surface area (Å²) in [5, 5.41) is 13.0. The Morgan fingerprint density at radius 3 is 3.07 bits per heavy atom. The van der Waals surface area contributed by atoms with E-state index in [0.717, 1.165) is 10.2 Å². The number of nitrogens with one attached hydrogen (secondary N) is 1. The summed E-state index contributed by atoms with van der Waals surface area (Å²) in [5.41, 5.74) is 1.79. The molecule has 0 spiro atoms. The van der Waals surface area contributed by atoms with Crippen LogP contribution in [0.1, 0.15) is 11.3 Å². The smallest absolute Gasteiger partial charge is 0.254 e. The van der Waals surface area contributed by atoms with Crippen LogP contribution < -0.4 is 5.56 Å². The molecule has 0 atom stereocenters. The number of aromatic nitrogens is 3. The second-order valence-corrected chi connectivity index (χ2v) is 4.10. The molecule has 2 rings (SSSR count). The van der Waals surface area contributed by atoms with Gasteiger partial charge in [0, 0.05) is 18.6 Å². The number of rotatable bonds is 2. The Hall–Kier alpha value is -1.14. The third-order valence-electron chi connectivity index (χ3n) is 2.35. The first-order valence-electron chi connectivity index (χ1n) is 4.51. The molecule has 0 bridgehead atoms. The van der Waals surface area contributed by atoms with Gasteiger partial charge in [0.2, 0.25) is 0 Å². The highest BCUT2D eigenvalue weighted by atomic mass is 79.9. The van der Waals surface area contributed by atoms with Crippen LogP contribution in [0.4, 0.5) is 0 Å². The minimum absolute atomic E-state index is 0.0438. The van der Waals surface area contributed by atoms with E-state index in [4.69, 9.17) is 5.11 Å². The van der Waals surface area contributed by atoms with Gasteiger partial charge in [-0.15, -0.1) is 0 Å². The van der Waals surface area contributed by atoms with Crippen LogP contribution in [0.5, 0.6) is 0 Å². The largest absolute Gasteiger partial charge is 0.396 e. The van der Waals surface area contributed by atoms with Gasteiger partial charge in [-0.1, -0.05) is 0 Å². The number of H-pyrrole nitrogens is 1. The Labute approximate surface area is 93.9 Å². The zero-order valence-corrected chi connectivity index (χ0v) is 9.71. The van der Waals surface area contributed by atoms with Gasteiger partial charge < -0.3 is 10.1 Å². The molecule has 0 radical (unpaired) electrons. The van der Waals surface area contributed by atoms with Crippen molar-refractivity contribution in [3.63, 3.8) is 0 Å². The third kappa shape index (κ3) is 1.59. The Balaban J connectivity index is 2.79. The van der Waals surface area contributed by atoms with Crippen molar-refractivity contribution in [2.75, 3.05) is 6.61 Å². The highest BCUT2D eigenvalue weighted by molar-refractivity contribution is 9.10. The van der Waals surface area contributed by atoms with Crippen molar-refractivity contribution in [3.8, 4) is 0 Å². The van der Waals surface area contributed by atoms with Crippen molar-refractivity contribution in [2.24, 2.45) is 0 Å². The minimum Gasteiger partial charge on any atom is -0.396 e. The van der Waals surface area contributed by atoms with Gasteiger partial charge in [0.15, 0.2) is 5.65 Å². The van der Waals surface area contributed by atoms with Gasteiger partial charge in [-0.05, 0) is 22.9 Å². The molecule has 2 aromatic heterocycles. The molecule has 80 valence electrons. The minimum atomic E-state index is -0.171. The third-order valence-corrected chi connectivity index (χ3v) is 2.93. The Bertz CT molecular complexity index is 558. The Morgan fingerprint density at radius 2 is 2.40 bits per heavy atom. The lowest BCUT2D eigenvalue weighted by molar-refractivity contribution is 0.298. The first-order chi connectivity index (χ1) is 7.15. The maximum absolute atomic E-state index is 11.7. The van der Waals surface area contributed by atoms with E-state index in [-0.39, 0.29) is 12.2 Å². The predicted octanol–water partition coefficient (Wildman–Crippen LogP) is 0.628. The zero-order chi connectivity index (χ0) is 11.0. The normalized spacial score (nSPS) is 11.1. The fourth-order valence-corrected chi connectivity index (χ4v) is 1.94. The number of aromatic amines is 1. The highest BCUT2D eigenvalue weighted by Gasteiger charge is 2.11. The van der Waals surface area contributed by atoms with Crippen LogP contribution in [0.25, 0.3) is 5.65 Å². The number of aliphatic hydroxyl groups excluding tert-OH is 1. The molecule has 5 nitrogen and oxygen atoms in total. The van der Waals surface area contributed by atoms with Crippen molar-refractivity contribution in [1.29, 1.82) is 0 Å². The lowest BCUT2D eigenvalue weighted by atomic mass is 10.2. The molecule has 2 aromatic rings. The molecule has 0 fully saturated rings. The zero-order valence-electron chi connectivity index (χ0n) is 8.12. The molecule has 2 heterocycles. The number of hydrogen-bond donors (Lipinski definition) is 2. The van der Waals surface area contributed by atoms with Crippen molar-refractivity contribution in [2.45, 2.75) is 13.3 Å². The molecule has 0 saturated heterocycles. The fourth-order valence-electron chi connectivity index (χ4n) is 1.58. The van der Waals surface area contributed by atoms with Gasteiger partial charge in [0.25, 0.3) is 5.56 Å². The molecule has 0 saturated carbocycles. The summed E-state index contributed by atoms with van der Waals surface area (Å²) in [6.07, 6.45) is 1.97. The van der Waals surface area contributed by atoms with E-state index in [1.807, 2.05) is 6.92 Å². The summed E-state index contributed by atoms with van der Waals surface area (Å²) in [4.78, 5) is 14.4. The molecule has 15 heavy (non-hydrogen) atoms. The van der Waals surface area contributed by atoms with Gasteiger partial charge in [0.05, 0.1) is 16.4 Å². The van der Waals surface area contributed by atoms with Gasteiger partial charge in [-0.25, -0.2) is 4.52 Å². The highest BCUT2D eigenvalue weighted by Crippen LogP contribution is 2.16. The number of aryl methyl sites for hydroxylation is 1. The summed E-state index contributed by atoms with van der Waals surface area (Å²) in [5.74, 6) is 0. The maximum Gasteiger partial charge on any atom is 0.254 e. The molecule has 0 unspecified atom stereocenters. The number of halogens is 1. The molecule has 2 N–H and O–H groups in total. The van der Waals surface area contributed by atoms with Crippen molar-refractivity contribution >= 4 is 21.6 Å². The van der Waals surface area contributed by atoms with E-state index < -0.39 is 0 Å². The Kier molecular flexibility index (Phi) is 2.62. The van der Waals surface area contributed by atoms with Crippen LogP contribution in [-0.4, -0.2) is 26.3 Å². The average molecular weight is 272 g/mol. The molecule has 0 amide bonds. The molecule has 0 aliphatic heterocycles. The topological polar surface area (TPSA) is 70.4 Å². The lowest BCUT2D eigenvalue weighted by Crippen LogP contribution is -2.19. The number of aliphatic hydroxyl groups is 1. The van der Waals surface area contributed by atoms with Crippen LogP contribution in [0.15, 0.2) is 15.5 Å². The van der Waals surface area contributed by atoms with Crippen LogP contribution >= 0.6 is 15.9 Å². The van der Waals surface area contributed by atoms with Crippen LogP contribution in [-0.2, 0) is 6.42 Å². The SMILES string of the molecule is Cc1c(CCO)c(=O)[nH]c2c(Br)cnn12. The first kappa shape index (κ1) is 10.4. The second-order valence-electron chi connectivity index (χ2n) is 3.24. The summed E-state index contributed by atoms with van der Waals surface area (Å²) in [6.45, 7) is 1.77. The summed E-state index contributed by atoms with van der Waals surface area (Å²) in [6, 6.07) is 0. The van der Waals surface area contributed by atoms with Crippen LogP contribution in [0, 0.1) is 6.92 Å². The van der Waals surface area contributed by atoms with E-state index in [0.29, 0.717) is 17.6 Å². The predicted molar refractivity (Wildman–Crippen MR) is 59.0 cm³/mol. The first-order valence-corrected chi connectivity index (χ1v) is 5.30. The monoisotopic (exact) mass is 271 g/mol. The van der Waals surface area contributed by atoms with Gasteiger partial charge >= 0.3 is 0 Å². The molecule has 6 heteroatoms. The van der Waals surface area contributed by atoms with E-state index >= 15 is 0 Å². The summed E-state index contributed by atoms with van der Waals surface area (Å²) in [7, 11) is 0.